The fourth-order valence-corrected chi connectivity index (χ4v) is 3.52. The van der Waals surface area contributed by atoms with Crippen molar-refractivity contribution in [2.24, 2.45) is 0 Å². The molecule has 1 saturated heterocycles. The number of carbonyl (C=O) groups excluding carboxylic acids is 1. The summed E-state index contributed by atoms with van der Waals surface area (Å²) >= 11 is 5.99. The molecule has 6 nitrogen and oxygen atoms in total. The van der Waals surface area contributed by atoms with Gasteiger partial charge in [-0.2, -0.15) is 4.98 Å². The molecule has 1 aromatic heterocycles. The molecule has 0 saturated carbocycles. The summed E-state index contributed by atoms with van der Waals surface area (Å²) in [6, 6.07) is 14.5. The molecule has 3 aromatic rings. The average Bonchev–Trinajstić information content (AvgIpc) is 3.31. The van der Waals surface area contributed by atoms with Crippen molar-refractivity contribution in [3.8, 4) is 11.4 Å². The number of likely N-dealkylation sites (tertiary alicyclic amines) is 1. The lowest BCUT2D eigenvalue weighted by atomic mass is 10.1. The third kappa shape index (κ3) is 3.66. The van der Waals surface area contributed by atoms with Crippen molar-refractivity contribution >= 4 is 23.3 Å². The minimum Gasteiger partial charge on any atom is -0.337 e. The van der Waals surface area contributed by atoms with Crippen LogP contribution in [0.3, 0.4) is 0 Å². The zero-order valence-electron chi connectivity index (χ0n) is 14.9. The number of anilines is 1. The Morgan fingerprint density at radius 1 is 1.26 bits per heavy atom. The van der Waals surface area contributed by atoms with E-state index in [4.69, 9.17) is 16.1 Å². The highest BCUT2D eigenvalue weighted by Gasteiger charge is 2.34. The number of halogens is 1. The van der Waals surface area contributed by atoms with Gasteiger partial charge >= 0.3 is 6.03 Å². The second kappa shape index (κ2) is 7.40. The Kier molecular flexibility index (Phi) is 4.81. The number of amides is 2. The lowest BCUT2D eigenvalue weighted by molar-refractivity contribution is 0.193. The van der Waals surface area contributed by atoms with Gasteiger partial charge < -0.3 is 14.7 Å². The maximum atomic E-state index is 12.7. The normalized spacial score (nSPS) is 16.5. The molecule has 1 aliphatic rings. The van der Waals surface area contributed by atoms with Crippen molar-refractivity contribution in [2.75, 3.05) is 11.9 Å². The first-order valence-electron chi connectivity index (χ1n) is 8.84. The molecular weight excluding hydrogens is 364 g/mol. The molecule has 0 bridgehead atoms. The number of benzene rings is 2. The maximum absolute atomic E-state index is 12.7. The predicted molar refractivity (Wildman–Crippen MR) is 104 cm³/mol. The van der Waals surface area contributed by atoms with Crippen LogP contribution in [0.25, 0.3) is 11.4 Å². The predicted octanol–water partition coefficient (Wildman–Crippen LogP) is 5.07. The van der Waals surface area contributed by atoms with Crippen molar-refractivity contribution in [3.63, 3.8) is 0 Å². The molecular formula is C20H19ClN4O2. The largest absolute Gasteiger partial charge is 0.337 e. The molecule has 0 spiro atoms. The fraction of sp³-hybridized carbons (Fsp3) is 0.250. The minimum absolute atomic E-state index is 0.199. The summed E-state index contributed by atoms with van der Waals surface area (Å²) in [6.07, 6.45) is 1.67. The van der Waals surface area contributed by atoms with E-state index in [0.29, 0.717) is 29.0 Å². The van der Waals surface area contributed by atoms with Crippen LogP contribution in [-0.4, -0.2) is 27.6 Å². The SMILES string of the molecule is Cc1ccccc1-c1noc([C@@H]2CCCN2C(=O)Nc2cccc(Cl)c2)n1. The molecule has 7 heteroatoms. The molecule has 27 heavy (non-hydrogen) atoms. The van der Waals surface area contributed by atoms with Crippen molar-refractivity contribution in [1.29, 1.82) is 0 Å². The lowest BCUT2D eigenvalue weighted by Gasteiger charge is -2.22. The average molecular weight is 383 g/mol. The molecule has 1 aliphatic heterocycles. The first-order valence-corrected chi connectivity index (χ1v) is 9.22. The molecule has 1 atom stereocenters. The quantitative estimate of drug-likeness (QED) is 0.686. The Morgan fingerprint density at radius 2 is 2.11 bits per heavy atom. The summed E-state index contributed by atoms with van der Waals surface area (Å²) in [5, 5.41) is 7.58. The van der Waals surface area contributed by atoms with Gasteiger partial charge in [-0.05, 0) is 43.5 Å². The molecule has 1 fully saturated rings. The van der Waals surface area contributed by atoms with Crippen LogP contribution in [0.4, 0.5) is 10.5 Å². The first kappa shape index (κ1) is 17.5. The molecule has 4 rings (SSSR count). The highest BCUT2D eigenvalue weighted by Crippen LogP contribution is 2.33. The Morgan fingerprint density at radius 3 is 2.93 bits per heavy atom. The Hall–Kier alpha value is -2.86. The van der Waals surface area contributed by atoms with Gasteiger partial charge in [0.25, 0.3) is 0 Å². The van der Waals surface area contributed by atoms with E-state index < -0.39 is 0 Å². The number of aryl methyl sites for hydroxylation is 1. The van der Waals surface area contributed by atoms with Crippen molar-refractivity contribution in [3.05, 3.63) is 65.0 Å². The smallest absolute Gasteiger partial charge is 0.322 e. The zero-order chi connectivity index (χ0) is 18.8. The van der Waals surface area contributed by atoms with Crippen molar-refractivity contribution in [1.82, 2.24) is 15.0 Å². The molecule has 0 aliphatic carbocycles. The monoisotopic (exact) mass is 382 g/mol. The van der Waals surface area contributed by atoms with Crippen molar-refractivity contribution < 1.29 is 9.32 Å². The molecule has 2 amide bonds. The number of nitrogens with one attached hydrogen (secondary N) is 1. The molecule has 2 aromatic carbocycles. The highest BCUT2D eigenvalue weighted by molar-refractivity contribution is 6.30. The second-order valence-corrected chi connectivity index (χ2v) is 7.00. The van der Waals surface area contributed by atoms with Crippen LogP contribution >= 0.6 is 11.6 Å². The van der Waals surface area contributed by atoms with Crippen LogP contribution in [0.2, 0.25) is 5.02 Å². The van der Waals surface area contributed by atoms with Gasteiger partial charge in [0.15, 0.2) is 0 Å². The Labute approximate surface area is 162 Å². The zero-order valence-corrected chi connectivity index (χ0v) is 15.6. The van der Waals surface area contributed by atoms with E-state index in [2.05, 4.69) is 15.5 Å². The summed E-state index contributed by atoms with van der Waals surface area (Å²) in [5.74, 6) is 1.01. The third-order valence-corrected chi connectivity index (χ3v) is 4.94. The van der Waals surface area contributed by atoms with E-state index >= 15 is 0 Å². The van der Waals surface area contributed by atoms with Crippen molar-refractivity contribution in [2.45, 2.75) is 25.8 Å². The summed E-state index contributed by atoms with van der Waals surface area (Å²) in [4.78, 5) is 19.0. The topological polar surface area (TPSA) is 71.3 Å². The van der Waals surface area contributed by atoms with Gasteiger partial charge in [-0.1, -0.05) is 47.1 Å². The maximum Gasteiger partial charge on any atom is 0.322 e. The van der Waals surface area contributed by atoms with Gasteiger partial charge in [0.1, 0.15) is 6.04 Å². The number of nitrogens with zero attached hydrogens (tertiary/aromatic N) is 3. The van der Waals surface area contributed by atoms with E-state index in [1.165, 1.54) is 0 Å². The number of carbonyl (C=O) groups is 1. The summed E-state index contributed by atoms with van der Waals surface area (Å²) in [5.41, 5.74) is 2.66. The molecule has 2 heterocycles. The van der Waals surface area contributed by atoms with Crippen LogP contribution in [0.1, 0.15) is 30.3 Å². The summed E-state index contributed by atoms with van der Waals surface area (Å²) in [7, 11) is 0. The van der Waals surface area contributed by atoms with E-state index in [9.17, 15) is 4.79 Å². The van der Waals surface area contributed by atoms with Gasteiger partial charge in [0, 0.05) is 22.8 Å². The molecule has 0 radical (unpaired) electrons. The van der Waals surface area contributed by atoms with Gasteiger partial charge in [-0.15, -0.1) is 0 Å². The number of hydrogen-bond acceptors (Lipinski definition) is 4. The molecule has 0 unspecified atom stereocenters. The van der Waals surface area contributed by atoms with Gasteiger partial charge in [0.05, 0.1) is 0 Å². The van der Waals surface area contributed by atoms with Crippen LogP contribution in [-0.2, 0) is 0 Å². The Bertz CT molecular complexity index is 972. The number of aromatic nitrogens is 2. The third-order valence-electron chi connectivity index (χ3n) is 4.70. The summed E-state index contributed by atoms with van der Waals surface area (Å²) in [6.45, 7) is 2.64. The summed E-state index contributed by atoms with van der Waals surface area (Å²) < 4.78 is 5.50. The Balaban J connectivity index is 1.53. The van der Waals surface area contributed by atoms with Crippen LogP contribution < -0.4 is 5.32 Å². The van der Waals surface area contributed by atoms with Gasteiger partial charge in [-0.3, -0.25) is 0 Å². The first-order chi connectivity index (χ1) is 13.1. The molecule has 1 N–H and O–H groups in total. The number of rotatable bonds is 3. The minimum atomic E-state index is -0.227. The van der Waals surface area contributed by atoms with E-state index in [1.54, 1.807) is 29.2 Å². The second-order valence-electron chi connectivity index (χ2n) is 6.56. The fourth-order valence-electron chi connectivity index (χ4n) is 3.33. The van der Waals surface area contributed by atoms with Crippen LogP contribution in [0.15, 0.2) is 53.1 Å². The van der Waals surface area contributed by atoms with Crippen LogP contribution in [0.5, 0.6) is 0 Å². The van der Waals surface area contributed by atoms with Gasteiger partial charge in [-0.25, -0.2) is 4.79 Å². The lowest BCUT2D eigenvalue weighted by Crippen LogP contribution is -2.34. The van der Waals surface area contributed by atoms with Gasteiger partial charge in [0.2, 0.25) is 11.7 Å². The van der Waals surface area contributed by atoms with Crippen LogP contribution in [0, 0.1) is 6.92 Å². The standard InChI is InChI=1S/C20H19ClN4O2/c1-13-6-2-3-9-16(13)18-23-19(27-24-18)17-10-5-11-25(17)20(26)22-15-8-4-7-14(21)12-15/h2-4,6-9,12,17H,5,10-11H2,1H3,(H,22,26)/t17-/m0/s1. The number of urea groups is 1. The molecule has 138 valence electrons. The van der Waals surface area contributed by atoms with E-state index in [-0.39, 0.29) is 12.1 Å². The van der Waals surface area contributed by atoms with E-state index in [0.717, 1.165) is 24.0 Å². The van der Waals surface area contributed by atoms with E-state index in [1.807, 2.05) is 31.2 Å². The highest BCUT2D eigenvalue weighted by atomic mass is 35.5. The number of hydrogen-bond donors (Lipinski definition) is 1.